The van der Waals surface area contributed by atoms with Crippen molar-refractivity contribution in [1.29, 1.82) is 0 Å². The van der Waals surface area contributed by atoms with E-state index < -0.39 is 0 Å². The van der Waals surface area contributed by atoms with Crippen LogP contribution in [0.25, 0.3) is 0 Å². The Labute approximate surface area is 171 Å². The molecule has 2 heterocycles. The molecule has 5 nitrogen and oxygen atoms in total. The van der Waals surface area contributed by atoms with Gasteiger partial charge in [-0.05, 0) is 54.8 Å². The number of pyridine rings is 1. The van der Waals surface area contributed by atoms with Crippen LogP contribution in [0, 0.1) is 0 Å². The number of hydrogen-bond donors (Lipinski definition) is 1. The van der Waals surface area contributed by atoms with Gasteiger partial charge in [-0.25, -0.2) is 0 Å². The summed E-state index contributed by atoms with van der Waals surface area (Å²) in [6.07, 6.45) is 2.50. The summed E-state index contributed by atoms with van der Waals surface area (Å²) in [5, 5.41) is 0. The van der Waals surface area contributed by atoms with Gasteiger partial charge in [0.05, 0.1) is 11.6 Å². The monoisotopic (exact) mass is 387 g/mol. The average Bonchev–Trinajstić information content (AvgIpc) is 2.75. The summed E-state index contributed by atoms with van der Waals surface area (Å²) < 4.78 is 5.83. The molecular weight excluding hydrogens is 362 g/mol. The van der Waals surface area contributed by atoms with Gasteiger partial charge in [-0.3, -0.25) is 9.78 Å². The predicted molar refractivity (Wildman–Crippen MR) is 114 cm³/mol. The normalized spacial score (nSPS) is 18.2. The molecule has 1 aromatic heterocycles. The maximum Gasteiger partial charge on any atom is 0.225 e. The Kier molecular flexibility index (Phi) is 5.47. The number of para-hydroxylation sites is 1. The smallest absolute Gasteiger partial charge is 0.225 e. The molecule has 0 spiro atoms. The first-order valence-electron chi connectivity index (χ1n) is 9.88. The summed E-state index contributed by atoms with van der Waals surface area (Å²) in [5.74, 6) is 0.346. The number of benzene rings is 2. The Hall–Kier alpha value is -3.34. The quantitative estimate of drug-likeness (QED) is 0.693. The van der Waals surface area contributed by atoms with Crippen LogP contribution in [0.1, 0.15) is 36.1 Å². The molecular formula is C24H25N3O2. The number of nitrogens with zero attached hydrogens (tertiary/aromatic N) is 2. The first-order valence-corrected chi connectivity index (χ1v) is 9.88. The second kappa shape index (κ2) is 8.35. The van der Waals surface area contributed by atoms with Crippen molar-refractivity contribution in [2.45, 2.75) is 38.5 Å². The zero-order valence-electron chi connectivity index (χ0n) is 16.5. The van der Waals surface area contributed by atoms with Gasteiger partial charge in [0.1, 0.15) is 12.4 Å². The van der Waals surface area contributed by atoms with Crippen molar-refractivity contribution in [2.75, 3.05) is 4.90 Å². The number of fused-ring (bicyclic) bond motifs is 1. The molecule has 1 aliphatic rings. The number of ether oxygens (including phenoxy) is 1. The summed E-state index contributed by atoms with van der Waals surface area (Å²) >= 11 is 0. The zero-order valence-corrected chi connectivity index (χ0v) is 16.5. The molecule has 2 N–H and O–H groups in total. The van der Waals surface area contributed by atoms with Gasteiger partial charge < -0.3 is 15.4 Å². The third-order valence-corrected chi connectivity index (χ3v) is 5.46. The van der Waals surface area contributed by atoms with Crippen LogP contribution in [0.2, 0.25) is 0 Å². The fourth-order valence-electron chi connectivity index (χ4n) is 3.92. The predicted octanol–water partition coefficient (Wildman–Crippen LogP) is 4.03. The number of amides is 1. The summed E-state index contributed by atoms with van der Waals surface area (Å²) in [7, 11) is 0. The zero-order chi connectivity index (χ0) is 20.2. The lowest BCUT2D eigenvalue weighted by Crippen LogP contribution is -2.41. The molecule has 3 aromatic rings. The highest BCUT2D eigenvalue weighted by Gasteiger charge is 2.32. The fourth-order valence-corrected chi connectivity index (χ4v) is 3.92. The Balaban J connectivity index is 1.47. The third-order valence-electron chi connectivity index (χ3n) is 5.46. The van der Waals surface area contributed by atoms with Crippen LogP contribution < -0.4 is 15.4 Å². The fraction of sp³-hybridized carbons (Fsp3) is 0.250. The highest BCUT2D eigenvalue weighted by atomic mass is 16.5. The van der Waals surface area contributed by atoms with E-state index in [1.165, 1.54) is 5.56 Å². The van der Waals surface area contributed by atoms with E-state index in [2.05, 4.69) is 35.0 Å². The van der Waals surface area contributed by atoms with Crippen molar-refractivity contribution in [3.8, 4) is 5.75 Å². The van der Waals surface area contributed by atoms with Gasteiger partial charge >= 0.3 is 0 Å². The van der Waals surface area contributed by atoms with E-state index in [0.717, 1.165) is 35.7 Å². The maximum atomic E-state index is 11.9. The molecule has 5 heteroatoms. The summed E-state index contributed by atoms with van der Waals surface area (Å²) in [6, 6.07) is 22.2. The Bertz CT molecular complexity index is 973. The lowest BCUT2D eigenvalue weighted by Gasteiger charge is -2.40. The van der Waals surface area contributed by atoms with Crippen molar-refractivity contribution in [3.05, 3.63) is 89.7 Å². The van der Waals surface area contributed by atoms with E-state index in [4.69, 9.17) is 10.5 Å². The van der Waals surface area contributed by atoms with Crippen LogP contribution in [0.5, 0.6) is 5.75 Å². The van der Waals surface area contributed by atoms with Gasteiger partial charge in [-0.1, -0.05) is 36.4 Å². The van der Waals surface area contributed by atoms with Crippen molar-refractivity contribution in [2.24, 2.45) is 5.73 Å². The standard InChI is InChI=1S/C24H25N3O2/c1-17-14-22(24(25)28)21-7-2-3-8-23(21)27(17)15-18-9-11-20(12-10-18)29-16-19-6-4-5-13-26-19/h2-13,17,22H,14-16H2,1H3,(H2,25,28)/t17-,22-/m1/s1. The van der Waals surface area contributed by atoms with Gasteiger partial charge in [-0.2, -0.15) is 0 Å². The van der Waals surface area contributed by atoms with Crippen molar-refractivity contribution in [3.63, 3.8) is 0 Å². The highest BCUT2D eigenvalue weighted by Crippen LogP contribution is 2.39. The minimum atomic E-state index is -0.252. The number of aromatic nitrogens is 1. The number of anilines is 1. The number of carbonyl (C=O) groups excluding carboxylic acids is 1. The van der Waals surface area contributed by atoms with E-state index in [1.807, 2.05) is 48.5 Å². The largest absolute Gasteiger partial charge is 0.487 e. The summed E-state index contributed by atoms with van der Waals surface area (Å²) in [4.78, 5) is 18.5. The molecule has 0 saturated carbocycles. The Morgan fingerprint density at radius 1 is 1.10 bits per heavy atom. The molecule has 1 amide bonds. The minimum absolute atomic E-state index is 0.222. The van der Waals surface area contributed by atoms with E-state index >= 15 is 0 Å². The molecule has 0 unspecified atom stereocenters. The van der Waals surface area contributed by atoms with Crippen LogP contribution in [-0.2, 0) is 17.9 Å². The van der Waals surface area contributed by atoms with Crippen LogP contribution in [0.3, 0.4) is 0 Å². The van der Waals surface area contributed by atoms with Crippen LogP contribution in [0.4, 0.5) is 5.69 Å². The topological polar surface area (TPSA) is 68.5 Å². The summed E-state index contributed by atoms with van der Waals surface area (Å²) in [5.41, 5.74) is 9.86. The highest BCUT2D eigenvalue weighted by molar-refractivity contribution is 5.85. The number of carbonyl (C=O) groups is 1. The number of nitrogens with two attached hydrogens (primary N) is 1. The lowest BCUT2D eigenvalue weighted by atomic mass is 9.85. The van der Waals surface area contributed by atoms with Crippen molar-refractivity contribution < 1.29 is 9.53 Å². The molecule has 0 saturated heterocycles. The first kappa shape index (κ1) is 19.0. The van der Waals surface area contributed by atoms with E-state index in [1.54, 1.807) is 6.20 Å². The van der Waals surface area contributed by atoms with Crippen molar-refractivity contribution >= 4 is 11.6 Å². The second-order valence-corrected chi connectivity index (χ2v) is 7.48. The molecule has 2 aromatic carbocycles. The van der Waals surface area contributed by atoms with Crippen LogP contribution >= 0.6 is 0 Å². The van der Waals surface area contributed by atoms with Gasteiger partial charge in [0.25, 0.3) is 0 Å². The molecule has 0 radical (unpaired) electrons. The molecule has 29 heavy (non-hydrogen) atoms. The number of primary amides is 1. The SMILES string of the molecule is C[C@@H]1C[C@@H](C(N)=O)c2ccccc2N1Cc1ccc(OCc2ccccn2)cc1. The summed E-state index contributed by atoms with van der Waals surface area (Å²) in [6.45, 7) is 3.37. The van der Waals surface area contributed by atoms with Crippen LogP contribution in [0.15, 0.2) is 72.9 Å². The molecule has 148 valence electrons. The molecule has 2 atom stereocenters. The lowest BCUT2D eigenvalue weighted by molar-refractivity contribution is -0.119. The second-order valence-electron chi connectivity index (χ2n) is 7.48. The third kappa shape index (κ3) is 4.24. The molecule has 0 bridgehead atoms. The average molecular weight is 387 g/mol. The van der Waals surface area contributed by atoms with E-state index in [-0.39, 0.29) is 17.9 Å². The molecule has 1 aliphatic heterocycles. The first-order chi connectivity index (χ1) is 14.1. The minimum Gasteiger partial charge on any atom is -0.487 e. The Morgan fingerprint density at radius 3 is 2.59 bits per heavy atom. The van der Waals surface area contributed by atoms with Crippen LogP contribution in [-0.4, -0.2) is 16.9 Å². The molecule has 0 aliphatic carbocycles. The van der Waals surface area contributed by atoms with Crippen molar-refractivity contribution in [1.82, 2.24) is 4.98 Å². The molecule has 0 fully saturated rings. The van der Waals surface area contributed by atoms with E-state index in [0.29, 0.717) is 6.61 Å². The number of rotatable bonds is 6. The maximum absolute atomic E-state index is 11.9. The van der Waals surface area contributed by atoms with Gasteiger partial charge in [0, 0.05) is 24.5 Å². The molecule has 4 rings (SSSR count). The Morgan fingerprint density at radius 2 is 1.86 bits per heavy atom. The van der Waals surface area contributed by atoms with Gasteiger partial charge in [0.15, 0.2) is 0 Å². The van der Waals surface area contributed by atoms with E-state index in [9.17, 15) is 4.79 Å². The number of hydrogen-bond acceptors (Lipinski definition) is 4. The van der Waals surface area contributed by atoms with Gasteiger partial charge in [-0.15, -0.1) is 0 Å². The van der Waals surface area contributed by atoms with Gasteiger partial charge in [0.2, 0.25) is 5.91 Å².